The lowest BCUT2D eigenvalue weighted by Gasteiger charge is -1.89. The molecule has 0 fully saturated rings. The average molecular weight is 173 g/mol. The minimum Gasteiger partial charge on any atom is -0.0609 e. The lowest BCUT2D eigenvalue weighted by Crippen LogP contribution is -1.67. The first-order valence-electron chi connectivity index (χ1n) is 3.45. The highest BCUT2D eigenvalue weighted by atomic mass is 79.9. The fourth-order valence-electron chi connectivity index (χ4n) is 0.507. The van der Waals surface area contributed by atoms with Crippen LogP contribution in [0.3, 0.4) is 0 Å². The van der Waals surface area contributed by atoms with Gasteiger partial charge in [-0.1, -0.05) is 33.6 Å². The van der Waals surface area contributed by atoms with Crippen molar-refractivity contribution in [2.75, 3.05) is 0 Å². The Kier molecular flexibility index (Phi) is 1.06. The molecule has 42 valence electrons. The van der Waals surface area contributed by atoms with Crippen LogP contribution in [0.25, 0.3) is 0 Å². The molecule has 1 aromatic rings. The van der Waals surface area contributed by atoms with E-state index in [-0.39, 0.29) is 0 Å². The number of hydrogen-bond donors (Lipinski definition) is 0. The van der Waals surface area contributed by atoms with Crippen LogP contribution in [0.2, 0.25) is 0 Å². The minimum absolute atomic E-state index is 0.717. The van der Waals surface area contributed by atoms with Gasteiger partial charge in [0.05, 0.1) is 0 Å². The van der Waals surface area contributed by atoms with Crippen molar-refractivity contribution in [2.45, 2.75) is 6.88 Å². The van der Waals surface area contributed by atoms with E-state index >= 15 is 0 Å². The van der Waals surface area contributed by atoms with E-state index in [0.717, 1.165) is 10.0 Å². The van der Waals surface area contributed by atoms with Crippen molar-refractivity contribution in [3.8, 4) is 0 Å². The highest BCUT2D eigenvalue weighted by Crippen LogP contribution is 2.09. The average Bonchev–Trinajstić information content (AvgIpc) is 1.88. The monoisotopic (exact) mass is 172 g/mol. The largest absolute Gasteiger partial charge is 0.0609 e. The van der Waals surface area contributed by atoms with Crippen LogP contribution in [0, 0.1) is 6.88 Å². The first kappa shape index (κ1) is 3.67. The smallest absolute Gasteiger partial charge is 0.0280 e. The van der Waals surface area contributed by atoms with Gasteiger partial charge in [0.15, 0.2) is 0 Å². The number of aryl methyl sites for hydroxylation is 1. The van der Waals surface area contributed by atoms with Gasteiger partial charge in [-0.15, -0.1) is 0 Å². The topological polar surface area (TPSA) is 0 Å². The van der Waals surface area contributed by atoms with Crippen molar-refractivity contribution in [2.24, 2.45) is 0 Å². The quantitative estimate of drug-likeness (QED) is 0.565. The number of hydrogen-bond acceptors (Lipinski definition) is 0. The summed E-state index contributed by atoms with van der Waals surface area (Å²) in [5.74, 6) is 0. The van der Waals surface area contributed by atoms with Gasteiger partial charge in [0.25, 0.3) is 0 Å². The van der Waals surface area contributed by atoms with Gasteiger partial charge in [-0.2, -0.15) is 0 Å². The van der Waals surface area contributed by atoms with Gasteiger partial charge in [-0.3, -0.25) is 0 Å². The van der Waals surface area contributed by atoms with Crippen molar-refractivity contribution in [3.05, 3.63) is 34.3 Å². The Morgan fingerprint density at radius 2 is 2.50 bits per heavy atom. The number of benzene rings is 1. The zero-order valence-electron chi connectivity index (χ0n) is 6.26. The van der Waals surface area contributed by atoms with Gasteiger partial charge in [0.1, 0.15) is 0 Å². The van der Waals surface area contributed by atoms with Crippen LogP contribution in [-0.4, -0.2) is 0 Å². The molecule has 8 heavy (non-hydrogen) atoms. The molecule has 0 atom stereocenters. The fraction of sp³-hybridized carbons (Fsp3) is 0.143. The number of rotatable bonds is 0. The van der Waals surface area contributed by atoms with E-state index in [1.54, 1.807) is 12.1 Å². The normalized spacial score (nSPS) is 13.2. The summed E-state index contributed by atoms with van der Waals surface area (Å²) < 4.78 is 15.0. The van der Waals surface area contributed by atoms with Gasteiger partial charge < -0.3 is 0 Å². The Hall–Kier alpha value is -0.300. The molecule has 0 aliphatic carbocycles. The molecule has 0 unspecified atom stereocenters. The van der Waals surface area contributed by atoms with E-state index in [4.69, 9.17) is 2.74 Å². The van der Waals surface area contributed by atoms with E-state index in [1.165, 1.54) is 0 Å². The third-order valence-electron chi connectivity index (χ3n) is 0.849. The molecule has 0 N–H and O–H groups in total. The summed E-state index contributed by atoms with van der Waals surface area (Å²) in [5, 5.41) is 0. The van der Waals surface area contributed by atoms with Crippen LogP contribution < -0.4 is 0 Å². The summed E-state index contributed by atoms with van der Waals surface area (Å²) >= 11 is 3.26. The molecule has 0 amide bonds. The minimum atomic E-state index is -0.877. The molecular weight excluding hydrogens is 164 g/mol. The second-order valence-corrected chi connectivity index (χ2v) is 2.47. The molecule has 0 aliphatic heterocycles. The molecule has 0 aromatic heterocycles. The van der Waals surface area contributed by atoms with Crippen LogP contribution >= 0.6 is 15.9 Å². The van der Waals surface area contributed by atoms with Gasteiger partial charge in [-0.25, -0.2) is 0 Å². The second kappa shape index (κ2) is 2.31. The van der Waals surface area contributed by atoms with Gasteiger partial charge in [0.2, 0.25) is 0 Å². The molecular formula is C7H7Br. The predicted molar refractivity (Wildman–Crippen MR) is 38.9 cm³/mol. The van der Waals surface area contributed by atoms with Crippen LogP contribution in [0.4, 0.5) is 0 Å². The Bertz CT molecular complexity index is 223. The molecule has 0 bridgehead atoms. The Morgan fingerprint density at radius 1 is 1.62 bits per heavy atom. The third kappa shape index (κ3) is 1.34. The highest BCUT2D eigenvalue weighted by molar-refractivity contribution is 9.10. The third-order valence-corrected chi connectivity index (χ3v) is 1.34. The van der Waals surface area contributed by atoms with Crippen LogP contribution in [0.5, 0.6) is 0 Å². The zero-order valence-corrected chi connectivity index (χ0v) is 5.85. The Labute approximate surface area is 60.5 Å². The molecule has 0 heterocycles. The molecule has 0 spiro atoms. The van der Waals surface area contributed by atoms with Crippen molar-refractivity contribution in [1.82, 2.24) is 0 Å². The Morgan fingerprint density at radius 3 is 3.00 bits per heavy atom. The van der Waals surface area contributed by atoms with E-state index in [0.29, 0.717) is 0 Å². The maximum atomic E-state index is 7.06. The first-order valence-corrected chi connectivity index (χ1v) is 3.09. The standard InChI is InChI=1S/C7H7Br/c1-6-3-2-4-7(8)5-6/h2-5H,1H3/i1D2. The maximum absolute atomic E-state index is 7.06. The highest BCUT2D eigenvalue weighted by Gasteiger charge is 1.82. The summed E-state index contributed by atoms with van der Waals surface area (Å²) in [6.07, 6.45) is 0. The summed E-state index contributed by atoms with van der Waals surface area (Å²) in [4.78, 5) is 0. The lowest BCUT2D eigenvalue weighted by molar-refractivity contribution is 1.45. The van der Waals surface area contributed by atoms with E-state index in [9.17, 15) is 0 Å². The van der Waals surface area contributed by atoms with Gasteiger partial charge in [0, 0.05) is 7.21 Å². The van der Waals surface area contributed by atoms with Gasteiger partial charge >= 0.3 is 0 Å². The summed E-state index contributed by atoms with van der Waals surface area (Å²) in [7, 11) is 0. The zero-order chi connectivity index (χ0) is 7.56. The summed E-state index contributed by atoms with van der Waals surface area (Å²) in [6.45, 7) is -0.877. The van der Waals surface area contributed by atoms with Crippen molar-refractivity contribution in [1.29, 1.82) is 0 Å². The molecule has 0 nitrogen and oxygen atoms in total. The molecule has 0 saturated heterocycles. The molecule has 1 aromatic carbocycles. The van der Waals surface area contributed by atoms with Crippen LogP contribution in [0.1, 0.15) is 8.30 Å². The van der Waals surface area contributed by atoms with E-state index in [1.807, 2.05) is 12.1 Å². The SMILES string of the molecule is [2H]C([2H])c1cccc(Br)c1. The van der Waals surface area contributed by atoms with E-state index < -0.39 is 6.88 Å². The molecule has 1 rings (SSSR count). The van der Waals surface area contributed by atoms with Crippen LogP contribution in [-0.2, 0) is 0 Å². The molecule has 0 radical (unpaired) electrons. The van der Waals surface area contributed by atoms with Crippen LogP contribution in [0.15, 0.2) is 28.7 Å². The number of halogens is 1. The predicted octanol–water partition coefficient (Wildman–Crippen LogP) is 2.76. The maximum Gasteiger partial charge on any atom is 0.0280 e. The second-order valence-electron chi connectivity index (χ2n) is 1.56. The first-order chi connectivity index (χ1) is 4.70. The molecule has 0 saturated carbocycles. The summed E-state index contributed by atoms with van der Waals surface area (Å²) in [6, 6.07) is 7.27. The van der Waals surface area contributed by atoms with Gasteiger partial charge in [-0.05, 0) is 19.0 Å². The Balaban J connectivity index is 2.96. The van der Waals surface area contributed by atoms with Crippen molar-refractivity contribution < 1.29 is 2.74 Å². The fourth-order valence-corrected chi connectivity index (χ4v) is 0.924. The van der Waals surface area contributed by atoms with E-state index in [2.05, 4.69) is 15.9 Å². The molecule has 0 aliphatic rings. The lowest BCUT2D eigenvalue weighted by atomic mass is 10.2. The molecule has 1 heteroatoms. The van der Waals surface area contributed by atoms with Crippen molar-refractivity contribution >= 4 is 15.9 Å². The summed E-state index contributed by atoms with van der Waals surface area (Å²) in [5.41, 5.74) is 0.717. The van der Waals surface area contributed by atoms with Crippen molar-refractivity contribution in [3.63, 3.8) is 0 Å².